The molecule has 0 saturated heterocycles. The molecule has 0 aromatic carbocycles. The van der Waals surface area contributed by atoms with Crippen LogP contribution in [0.1, 0.15) is 11.4 Å². The second kappa shape index (κ2) is 3.27. The lowest BCUT2D eigenvalue weighted by Crippen LogP contribution is -2.35. The molecule has 0 aliphatic carbocycles. The predicted molar refractivity (Wildman–Crippen MR) is 52.7 cm³/mol. The topological polar surface area (TPSA) is 54.9 Å². The van der Waals surface area contributed by atoms with Crippen LogP contribution in [0.15, 0.2) is 15.7 Å². The molecule has 0 unspecified atom stereocenters. The van der Waals surface area contributed by atoms with Crippen LogP contribution in [0.25, 0.3) is 10.2 Å². The minimum Gasteiger partial charge on any atom is -0.298 e. The van der Waals surface area contributed by atoms with Crippen LogP contribution in [0.4, 0.5) is 8.78 Å². The van der Waals surface area contributed by atoms with Gasteiger partial charge in [0.1, 0.15) is 4.83 Å². The molecule has 4 nitrogen and oxygen atoms in total. The molecule has 2 aromatic heterocycles. The van der Waals surface area contributed by atoms with Crippen LogP contribution >= 0.6 is 11.3 Å². The van der Waals surface area contributed by atoms with Gasteiger partial charge >= 0.3 is 12.2 Å². The summed E-state index contributed by atoms with van der Waals surface area (Å²) in [5.41, 5.74) is -2.03. The molecule has 2 rings (SSSR count). The largest absolute Gasteiger partial charge is 0.333 e. The van der Waals surface area contributed by atoms with Crippen LogP contribution in [-0.4, -0.2) is 9.55 Å². The molecule has 0 amide bonds. The number of halogens is 2. The molecule has 0 radical (unpaired) electrons. The van der Waals surface area contributed by atoms with Crippen molar-refractivity contribution < 1.29 is 8.78 Å². The molecule has 15 heavy (non-hydrogen) atoms. The predicted octanol–water partition coefficient (Wildman–Crippen LogP) is 1.45. The number of nitrogens with one attached hydrogen (secondary N) is 1. The number of aromatic amines is 1. The van der Waals surface area contributed by atoms with E-state index in [4.69, 9.17) is 0 Å². The standard InChI is InChI=1S/C8H6F2N2O2S/c1-3-2-4-5(15-3)11-8(14)12(6(4)13)7(9)10/h2,7H,1H3,(H,11,14). The fourth-order valence-electron chi connectivity index (χ4n) is 1.32. The summed E-state index contributed by atoms with van der Waals surface area (Å²) in [4.78, 5) is 26.0. The monoisotopic (exact) mass is 232 g/mol. The number of hydrogen-bond donors (Lipinski definition) is 1. The SMILES string of the molecule is Cc1cc2c(=O)n(C(F)F)c(=O)[nH]c2s1. The van der Waals surface area contributed by atoms with Crippen LogP contribution in [0.3, 0.4) is 0 Å². The Kier molecular flexibility index (Phi) is 2.18. The fourth-order valence-corrected chi connectivity index (χ4v) is 2.22. The molecule has 80 valence electrons. The Morgan fingerprint density at radius 2 is 2.13 bits per heavy atom. The van der Waals surface area contributed by atoms with Gasteiger partial charge in [0.15, 0.2) is 0 Å². The zero-order valence-corrected chi connectivity index (χ0v) is 8.40. The van der Waals surface area contributed by atoms with Crippen molar-refractivity contribution in [2.45, 2.75) is 13.5 Å². The van der Waals surface area contributed by atoms with Crippen LogP contribution < -0.4 is 11.2 Å². The fraction of sp³-hybridized carbons (Fsp3) is 0.250. The highest BCUT2D eigenvalue weighted by Gasteiger charge is 2.16. The summed E-state index contributed by atoms with van der Waals surface area (Å²) in [5, 5.41) is 0.123. The van der Waals surface area contributed by atoms with E-state index < -0.39 is 17.8 Å². The van der Waals surface area contributed by atoms with Crippen molar-refractivity contribution in [3.8, 4) is 0 Å². The molecule has 0 aliphatic rings. The maximum Gasteiger partial charge on any atom is 0.333 e. The molecule has 0 bridgehead atoms. The Bertz CT molecular complexity index is 626. The van der Waals surface area contributed by atoms with E-state index >= 15 is 0 Å². The van der Waals surface area contributed by atoms with E-state index in [9.17, 15) is 18.4 Å². The minimum atomic E-state index is -3.12. The van der Waals surface area contributed by atoms with Crippen LogP contribution in [0.2, 0.25) is 0 Å². The van der Waals surface area contributed by atoms with E-state index in [1.807, 2.05) is 0 Å². The normalized spacial score (nSPS) is 11.5. The first-order valence-corrected chi connectivity index (χ1v) is 4.85. The first-order chi connectivity index (χ1) is 7.00. The molecule has 7 heteroatoms. The molecule has 0 fully saturated rings. The summed E-state index contributed by atoms with van der Waals surface area (Å²) in [6.45, 7) is -1.39. The molecule has 2 heterocycles. The second-order valence-corrected chi connectivity index (χ2v) is 4.24. The van der Waals surface area contributed by atoms with Crippen molar-refractivity contribution in [1.82, 2.24) is 9.55 Å². The van der Waals surface area contributed by atoms with Gasteiger partial charge in [-0.25, -0.2) is 4.79 Å². The van der Waals surface area contributed by atoms with Gasteiger partial charge in [0.25, 0.3) is 5.56 Å². The Morgan fingerprint density at radius 3 is 2.73 bits per heavy atom. The van der Waals surface area contributed by atoms with Gasteiger partial charge in [0.2, 0.25) is 0 Å². The summed E-state index contributed by atoms with van der Waals surface area (Å²) in [6.07, 6.45) is 0. The van der Waals surface area contributed by atoms with E-state index in [0.717, 1.165) is 4.88 Å². The number of nitrogens with zero attached hydrogens (tertiary/aromatic N) is 1. The van der Waals surface area contributed by atoms with E-state index in [1.165, 1.54) is 17.4 Å². The highest BCUT2D eigenvalue weighted by Crippen LogP contribution is 2.19. The van der Waals surface area contributed by atoms with Crippen molar-refractivity contribution in [1.29, 1.82) is 0 Å². The van der Waals surface area contributed by atoms with Gasteiger partial charge in [-0.15, -0.1) is 11.3 Å². The first-order valence-electron chi connectivity index (χ1n) is 4.04. The second-order valence-electron chi connectivity index (χ2n) is 2.98. The number of aromatic nitrogens is 2. The maximum absolute atomic E-state index is 12.4. The van der Waals surface area contributed by atoms with Crippen LogP contribution in [-0.2, 0) is 0 Å². The van der Waals surface area contributed by atoms with Crippen molar-refractivity contribution in [2.75, 3.05) is 0 Å². The van der Waals surface area contributed by atoms with E-state index in [1.54, 1.807) is 6.92 Å². The smallest absolute Gasteiger partial charge is 0.298 e. The van der Waals surface area contributed by atoms with Crippen molar-refractivity contribution in [3.05, 3.63) is 31.8 Å². The van der Waals surface area contributed by atoms with Gasteiger partial charge in [-0.05, 0) is 13.0 Å². The van der Waals surface area contributed by atoms with Gasteiger partial charge in [0.05, 0.1) is 5.39 Å². The summed E-state index contributed by atoms with van der Waals surface area (Å²) in [5.74, 6) is 0. The Morgan fingerprint density at radius 1 is 1.47 bits per heavy atom. The molecule has 1 N–H and O–H groups in total. The van der Waals surface area contributed by atoms with Crippen LogP contribution in [0, 0.1) is 6.92 Å². The third-order valence-corrected chi connectivity index (χ3v) is 2.90. The minimum absolute atomic E-state index is 0.0888. The number of thiophene rings is 1. The highest BCUT2D eigenvalue weighted by atomic mass is 32.1. The lowest BCUT2D eigenvalue weighted by atomic mass is 10.4. The lowest BCUT2D eigenvalue weighted by molar-refractivity contribution is 0.0621. The third kappa shape index (κ3) is 1.48. The summed E-state index contributed by atoms with van der Waals surface area (Å²) in [7, 11) is 0. The molecular weight excluding hydrogens is 226 g/mol. The maximum atomic E-state index is 12.4. The number of hydrogen-bond acceptors (Lipinski definition) is 3. The highest BCUT2D eigenvalue weighted by molar-refractivity contribution is 7.18. The van der Waals surface area contributed by atoms with E-state index in [2.05, 4.69) is 4.98 Å². The van der Waals surface area contributed by atoms with Gasteiger partial charge in [-0.1, -0.05) is 0 Å². The molecule has 0 spiro atoms. The van der Waals surface area contributed by atoms with Gasteiger partial charge < -0.3 is 0 Å². The molecule has 0 aliphatic heterocycles. The molecule has 0 saturated carbocycles. The van der Waals surface area contributed by atoms with Crippen LogP contribution in [0.5, 0.6) is 0 Å². The van der Waals surface area contributed by atoms with E-state index in [-0.39, 0.29) is 9.95 Å². The average molecular weight is 232 g/mol. The number of alkyl halides is 2. The summed E-state index contributed by atoms with van der Waals surface area (Å²) < 4.78 is 24.7. The Balaban J connectivity index is 2.96. The number of fused-ring (bicyclic) bond motifs is 1. The van der Waals surface area contributed by atoms with Gasteiger partial charge in [-0.2, -0.15) is 13.3 Å². The lowest BCUT2D eigenvalue weighted by Gasteiger charge is -2.01. The summed E-state index contributed by atoms with van der Waals surface area (Å²) >= 11 is 1.19. The summed E-state index contributed by atoms with van der Waals surface area (Å²) in [6, 6.07) is 1.48. The van der Waals surface area contributed by atoms with Crippen molar-refractivity contribution in [3.63, 3.8) is 0 Å². The van der Waals surface area contributed by atoms with E-state index in [0.29, 0.717) is 4.83 Å². The number of H-pyrrole nitrogens is 1. The number of aryl methyl sites for hydroxylation is 1. The zero-order chi connectivity index (χ0) is 11.2. The molecule has 2 aromatic rings. The first kappa shape index (κ1) is 10.0. The quantitative estimate of drug-likeness (QED) is 0.809. The number of rotatable bonds is 1. The molecular formula is C8H6F2N2O2S. The Hall–Kier alpha value is -1.50. The third-order valence-electron chi connectivity index (χ3n) is 1.94. The van der Waals surface area contributed by atoms with Gasteiger partial charge in [0, 0.05) is 4.88 Å². The van der Waals surface area contributed by atoms with Crippen molar-refractivity contribution >= 4 is 21.6 Å². The average Bonchev–Trinajstić information content (AvgIpc) is 2.45. The zero-order valence-electron chi connectivity index (χ0n) is 7.58. The Labute approximate surface area is 85.8 Å². The molecule has 0 atom stereocenters. The van der Waals surface area contributed by atoms with Crippen molar-refractivity contribution in [2.24, 2.45) is 0 Å². The van der Waals surface area contributed by atoms with Gasteiger partial charge in [-0.3, -0.25) is 9.78 Å².